The third-order valence-electron chi connectivity index (χ3n) is 10.8. The third kappa shape index (κ3) is 3.29. The van der Waals surface area contributed by atoms with Crippen molar-refractivity contribution in [1.29, 1.82) is 0 Å². The summed E-state index contributed by atoms with van der Waals surface area (Å²) in [5.41, 5.74) is 18.2. The molecule has 0 atom stereocenters. The molecule has 4 heterocycles. The van der Waals surface area contributed by atoms with Gasteiger partial charge in [-0.25, -0.2) is 0 Å². The zero-order valence-corrected chi connectivity index (χ0v) is 26.7. The van der Waals surface area contributed by atoms with Gasteiger partial charge in [-0.3, -0.25) is 0 Å². The Balaban J connectivity index is 1.36. The first kappa shape index (κ1) is 26.1. The molecule has 0 aliphatic carbocycles. The largest absolute Gasteiger partial charge is 0.456 e. The lowest BCUT2D eigenvalue weighted by Gasteiger charge is -2.43. The fourth-order valence-corrected chi connectivity index (χ4v) is 8.74. The summed E-state index contributed by atoms with van der Waals surface area (Å²) in [7, 11) is 0. The molecule has 2 aromatic heterocycles. The van der Waals surface area contributed by atoms with E-state index in [0.29, 0.717) is 0 Å². The Hall–Kier alpha value is -6.00. The van der Waals surface area contributed by atoms with E-state index in [2.05, 4.69) is 163 Å². The highest BCUT2D eigenvalue weighted by atomic mass is 16.3. The monoisotopic (exact) mass is 612 g/mol. The average Bonchev–Trinajstić information content (AvgIpc) is 3.66. The Morgan fingerprint density at radius 1 is 0.500 bits per heavy atom. The summed E-state index contributed by atoms with van der Waals surface area (Å²) in [5, 5.41) is 4.87. The van der Waals surface area contributed by atoms with Gasteiger partial charge in [-0.05, 0) is 95.1 Å². The molecule has 0 spiro atoms. The molecule has 3 nitrogen and oxygen atoms in total. The van der Waals surface area contributed by atoms with Crippen molar-refractivity contribution < 1.29 is 4.42 Å². The second kappa shape index (κ2) is 9.30. The van der Waals surface area contributed by atoms with Crippen LogP contribution in [0.1, 0.15) is 11.1 Å². The molecule has 2 aliphatic rings. The van der Waals surface area contributed by atoms with E-state index in [-0.39, 0.29) is 6.85 Å². The smallest absolute Gasteiger partial charge is 0.333 e. The standard InChI is InChI=1S/C44H29BN2O/c1-26-12-3-5-14-29(26)28-22-35-33-25-42-34(31-16-7-10-21-41(31)48-42)24-39(33)47(37-19-8-4-13-27(37)2)45-36-18-11-17-32-30-15-6-9-20-38(30)46(44(32)36)40(23-28)43(35)45/h3-25H,1-2H3. The maximum Gasteiger partial charge on any atom is 0.333 e. The van der Waals surface area contributed by atoms with Gasteiger partial charge < -0.3 is 13.8 Å². The predicted octanol–water partition coefficient (Wildman–Crippen LogP) is 10.2. The van der Waals surface area contributed by atoms with Gasteiger partial charge in [-0.2, -0.15) is 0 Å². The quantitative estimate of drug-likeness (QED) is 0.181. The molecular weight excluding hydrogens is 583 g/mol. The van der Waals surface area contributed by atoms with Crippen LogP contribution < -0.4 is 15.7 Å². The van der Waals surface area contributed by atoms with Crippen molar-refractivity contribution in [3.05, 3.63) is 151 Å². The first-order valence-corrected chi connectivity index (χ1v) is 16.7. The Labute approximate surface area is 278 Å². The number of anilines is 2. The van der Waals surface area contributed by atoms with E-state index in [1.807, 2.05) is 0 Å². The molecular formula is C44H29BN2O. The van der Waals surface area contributed by atoms with Crippen molar-refractivity contribution in [2.75, 3.05) is 4.81 Å². The van der Waals surface area contributed by atoms with Crippen molar-refractivity contribution in [3.63, 3.8) is 0 Å². The highest BCUT2D eigenvalue weighted by molar-refractivity contribution is 6.93. The lowest BCUT2D eigenvalue weighted by molar-refractivity contribution is 0.669. The Morgan fingerprint density at radius 2 is 1.25 bits per heavy atom. The van der Waals surface area contributed by atoms with Gasteiger partial charge in [0.2, 0.25) is 0 Å². The molecule has 0 amide bonds. The van der Waals surface area contributed by atoms with Crippen LogP contribution in [0.15, 0.2) is 144 Å². The van der Waals surface area contributed by atoms with Crippen LogP contribution in [0.25, 0.3) is 71.7 Å². The SMILES string of the molecule is Cc1ccccc1-c1cc2c3c(c1)-n1c4ccccc4c4cccc(c41)B3N(c1ccccc1C)c1cc3c(cc1-2)oc1ccccc13. The fourth-order valence-electron chi connectivity index (χ4n) is 8.74. The minimum absolute atomic E-state index is 0.0225. The number of aryl methyl sites for hydroxylation is 2. The Kier molecular flexibility index (Phi) is 5.06. The van der Waals surface area contributed by atoms with Gasteiger partial charge in [-0.1, -0.05) is 97.1 Å². The highest BCUT2D eigenvalue weighted by Gasteiger charge is 2.44. The molecule has 48 heavy (non-hydrogen) atoms. The summed E-state index contributed by atoms with van der Waals surface area (Å²) in [6, 6.07) is 51.3. The second-order valence-corrected chi connectivity index (χ2v) is 13.4. The molecule has 11 rings (SSSR count). The lowest BCUT2D eigenvalue weighted by Crippen LogP contribution is -2.60. The topological polar surface area (TPSA) is 21.3 Å². The van der Waals surface area contributed by atoms with Gasteiger partial charge in [0.25, 0.3) is 0 Å². The molecule has 4 heteroatoms. The van der Waals surface area contributed by atoms with Gasteiger partial charge in [-0.15, -0.1) is 0 Å². The molecule has 0 fully saturated rings. The van der Waals surface area contributed by atoms with Crippen LogP contribution in [-0.2, 0) is 0 Å². The fraction of sp³-hybridized carbons (Fsp3) is 0.0455. The highest BCUT2D eigenvalue weighted by Crippen LogP contribution is 2.48. The van der Waals surface area contributed by atoms with E-state index < -0.39 is 0 Å². The molecule has 7 aromatic carbocycles. The van der Waals surface area contributed by atoms with Crippen molar-refractivity contribution in [1.82, 2.24) is 4.57 Å². The molecule has 0 N–H and O–H groups in total. The van der Waals surface area contributed by atoms with Crippen LogP contribution in [0, 0.1) is 13.8 Å². The van der Waals surface area contributed by atoms with Crippen LogP contribution in [-0.4, -0.2) is 11.4 Å². The summed E-state index contributed by atoms with van der Waals surface area (Å²) in [4.78, 5) is 2.61. The number of aromatic nitrogens is 1. The first-order valence-electron chi connectivity index (χ1n) is 16.7. The van der Waals surface area contributed by atoms with Crippen LogP contribution >= 0.6 is 0 Å². The second-order valence-electron chi connectivity index (χ2n) is 13.4. The molecule has 0 unspecified atom stereocenters. The number of fused-ring (bicyclic) bond motifs is 10. The van der Waals surface area contributed by atoms with Crippen LogP contribution in [0.4, 0.5) is 11.4 Å². The summed E-state index contributed by atoms with van der Waals surface area (Å²) in [6.45, 7) is 4.43. The van der Waals surface area contributed by atoms with E-state index in [1.165, 1.54) is 83.2 Å². The number of hydrogen-bond donors (Lipinski definition) is 0. The number of nitrogens with zero attached hydrogens (tertiary/aromatic N) is 2. The van der Waals surface area contributed by atoms with Gasteiger partial charge in [0.1, 0.15) is 11.2 Å². The molecule has 224 valence electrons. The van der Waals surface area contributed by atoms with E-state index in [0.717, 1.165) is 21.9 Å². The Morgan fingerprint density at radius 3 is 2.12 bits per heavy atom. The van der Waals surface area contributed by atoms with Crippen molar-refractivity contribution >= 4 is 72.9 Å². The number of rotatable bonds is 2. The third-order valence-corrected chi connectivity index (χ3v) is 10.8. The molecule has 0 bridgehead atoms. The number of benzene rings is 7. The maximum absolute atomic E-state index is 6.55. The number of hydrogen-bond acceptors (Lipinski definition) is 2. The van der Waals surface area contributed by atoms with Crippen LogP contribution in [0.3, 0.4) is 0 Å². The van der Waals surface area contributed by atoms with E-state index in [4.69, 9.17) is 4.42 Å². The summed E-state index contributed by atoms with van der Waals surface area (Å²) < 4.78 is 9.09. The summed E-state index contributed by atoms with van der Waals surface area (Å²) in [6.07, 6.45) is 0. The van der Waals surface area contributed by atoms with Gasteiger partial charge in [0, 0.05) is 44.2 Å². The van der Waals surface area contributed by atoms with Crippen molar-refractivity contribution in [2.45, 2.75) is 13.8 Å². The molecule has 0 saturated carbocycles. The molecule has 0 saturated heterocycles. The van der Waals surface area contributed by atoms with Gasteiger partial charge >= 0.3 is 6.85 Å². The van der Waals surface area contributed by atoms with E-state index >= 15 is 0 Å². The zero-order valence-electron chi connectivity index (χ0n) is 26.7. The summed E-state index contributed by atoms with van der Waals surface area (Å²) in [5.74, 6) is 0. The minimum Gasteiger partial charge on any atom is -0.456 e. The molecule has 2 aliphatic heterocycles. The molecule has 9 aromatic rings. The average molecular weight is 613 g/mol. The summed E-state index contributed by atoms with van der Waals surface area (Å²) >= 11 is 0. The lowest BCUT2D eigenvalue weighted by atomic mass is 9.43. The minimum atomic E-state index is -0.0225. The van der Waals surface area contributed by atoms with Crippen LogP contribution in [0.2, 0.25) is 0 Å². The van der Waals surface area contributed by atoms with Crippen LogP contribution in [0.5, 0.6) is 0 Å². The van der Waals surface area contributed by atoms with Crippen molar-refractivity contribution in [3.8, 4) is 27.9 Å². The first-order chi connectivity index (χ1) is 23.7. The maximum atomic E-state index is 6.55. The Bertz CT molecular complexity index is 2840. The van der Waals surface area contributed by atoms with E-state index in [9.17, 15) is 0 Å². The number of furan rings is 1. The van der Waals surface area contributed by atoms with E-state index in [1.54, 1.807) is 0 Å². The van der Waals surface area contributed by atoms with Crippen molar-refractivity contribution in [2.24, 2.45) is 0 Å². The number of para-hydroxylation sites is 4. The van der Waals surface area contributed by atoms with Gasteiger partial charge in [0.15, 0.2) is 0 Å². The predicted molar refractivity (Wildman–Crippen MR) is 202 cm³/mol. The normalized spacial score (nSPS) is 13.1. The zero-order chi connectivity index (χ0) is 31.7. The molecule has 0 radical (unpaired) electrons. The van der Waals surface area contributed by atoms with Gasteiger partial charge in [0.05, 0.1) is 11.0 Å².